The molecule has 0 aliphatic carbocycles. The van der Waals surface area contributed by atoms with Crippen molar-refractivity contribution in [3.63, 3.8) is 0 Å². The zero-order chi connectivity index (χ0) is 18.9. The number of hydrogen-bond donors (Lipinski definition) is 0. The van der Waals surface area contributed by atoms with Gasteiger partial charge in [0.1, 0.15) is 5.82 Å². The molecule has 70 valence electrons. The van der Waals surface area contributed by atoms with E-state index < -0.39 is 50.2 Å². The summed E-state index contributed by atoms with van der Waals surface area (Å²) in [6.45, 7) is -13.1. The molecule has 1 aliphatic rings. The van der Waals surface area contributed by atoms with Crippen molar-refractivity contribution in [1.82, 2.24) is 4.98 Å². The molecule has 1 fully saturated rings. The summed E-state index contributed by atoms with van der Waals surface area (Å²) in [5, 5.41) is 0. The first-order valence-electron chi connectivity index (χ1n) is 8.72. The Morgan fingerprint density at radius 2 is 2.38 bits per heavy atom. The van der Waals surface area contributed by atoms with Crippen LogP contribution >= 0.6 is 15.9 Å². The van der Waals surface area contributed by atoms with Crippen molar-refractivity contribution in [1.29, 1.82) is 0 Å². The van der Waals surface area contributed by atoms with Crippen molar-refractivity contribution in [3.05, 3.63) is 22.7 Å². The lowest BCUT2D eigenvalue weighted by Gasteiger charge is -2.27. The lowest BCUT2D eigenvalue weighted by Crippen LogP contribution is -2.36. The molecule has 1 aromatic heterocycles. The number of halogens is 1. The molecular weight excluding hydrogens is 232 g/mol. The fraction of sp³-hybridized carbons (Fsp3) is 0.444. The number of nitrogens with zero attached hydrogens (tertiary/aromatic N) is 2. The molecule has 1 saturated heterocycles. The first-order valence-corrected chi connectivity index (χ1v) is 4.01. The SMILES string of the molecule is [2H]c1nc(N2C([2H])([2H])C([2H])([2H])OC([2H])([2H])C2([2H])[2H])c([2H])c(Br)c1[2H]. The van der Waals surface area contributed by atoms with E-state index in [1.165, 1.54) is 0 Å². The Hall–Kier alpha value is -0.610. The second-order valence-corrected chi connectivity index (χ2v) is 2.77. The van der Waals surface area contributed by atoms with Crippen LogP contribution in [-0.4, -0.2) is 31.1 Å². The number of pyridine rings is 1. The fourth-order valence-electron chi connectivity index (χ4n) is 0.690. The van der Waals surface area contributed by atoms with Crippen LogP contribution in [0.25, 0.3) is 0 Å². The maximum absolute atomic E-state index is 7.91. The van der Waals surface area contributed by atoms with Gasteiger partial charge in [0.15, 0.2) is 0 Å². The van der Waals surface area contributed by atoms with Crippen LogP contribution in [0.5, 0.6) is 0 Å². The van der Waals surface area contributed by atoms with Crippen molar-refractivity contribution in [2.45, 2.75) is 0 Å². The van der Waals surface area contributed by atoms with Gasteiger partial charge in [0, 0.05) is 23.6 Å². The zero-order valence-electron chi connectivity index (χ0n) is 17.2. The van der Waals surface area contributed by atoms with Gasteiger partial charge in [-0.05, 0) is 12.1 Å². The minimum atomic E-state index is -3.29. The Morgan fingerprint density at radius 1 is 1.62 bits per heavy atom. The molecule has 2 heterocycles. The summed E-state index contributed by atoms with van der Waals surface area (Å²) in [6, 6.07) is -1.18. The number of ether oxygens (including phenoxy) is 1. The maximum atomic E-state index is 7.91. The van der Waals surface area contributed by atoms with Crippen molar-refractivity contribution in [2.24, 2.45) is 0 Å². The third-order valence-corrected chi connectivity index (χ3v) is 1.57. The summed E-state index contributed by atoms with van der Waals surface area (Å²) >= 11 is 2.85. The lowest BCUT2D eigenvalue weighted by molar-refractivity contribution is 0.122. The van der Waals surface area contributed by atoms with Crippen molar-refractivity contribution in [2.75, 3.05) is 31.0 Å². The molecule has 13 heavy (non-hydrogen) atoms. The molecule has 0 unspecified atom stereocenters. The van der Waals surface area contributed by atoms with Gasteiger partial charge in [0.05, 0.1) is 28.2 Å². The van der Waals surface area contributed by atoms with Crippen molar-refractivity contribution in [3.8, 4) is 0 Å². The van der Waals surface area contributed by atoms with E-state index in [1.54, 1.807) is 0 Å². The molecule has 2 rings (SSSR count). The summed E-state index contributed by atoms with van der Waals surface area (Å²) in [5.41, 5.74) is 0. The van der Waals surface area contributed by atoms with Crippen LogP contribution in [0.15, 0.2) is 22.7 Å². The standard InChI is InChI=1S/C9H11BrN2O/c10-8-1-2-11-9(7-8)12-3-5-13-6-4-12/h1-2,7H,3-6H2/i1D,2D,3D2,4D2,5D2,6D2,7D. The Bertz CT molecular complexity index is 669. The molecule has 0 atom stereocenters. The largest absolute Gasteiger partial charge is 0.378 e. The summed E-state index contributed by atoms with van der Waals surface area (Å²) in [7, 11) is 0. The smallest absolute Gasteiger partial charge is 0.129 e. The minimum absolute atomic E-state index is 0.00801. The Morgan fingerprint density at radius 3 is 3.15 bits per heavy atom. The van der Waals surface area contributed by atoms with Gasteiger partial charge in [-0.25, -0.2) is 4.98 Å². The predicted octanol–water partition coefficient (Wildman–Crippen LogP) is 1.68. The second kappa shape index (κ2) is 4.07. The normalized spacial score (nSPS) is 45.3. The topological polar surface area (TPSA) is 25.4 Å². The molecular formula is C9H11BrN2O. The predicted molar refractivity (Wildman–Crippen MR) is 55.0 cm³/mol. The summed E-state index contributed by atoms with van der Waals surface area (Å²) in [5.74, 6) is -0.825. The van der Waals surface area contributed by atoms with E-state index in [0.29, 0.717) is 0 Å². The molecule has 0 amide bonds. The monoisotopic (exact) mass is 253 g/mol. The van der Waals surface area contributed by atoms with Crippen LogP contribution in [-0.2, 0) is 4.74 Å². The molecule has 1 aliphatic heterocycles. The molecule has 0 bridgehead atoms. The van der Waals surface area contributed by atoms with Gasteiger partial charge in [0.2, 0.25) is 0 Å². The number of anilines is 1. The third-order valence-electron chi connectivity index (χ3n) is 1.18. The van der Waals surface area contributed by atoms with E-state index >= 15 is 0 Å². The van der Waals surface area contributed by atoms with Crippen LogP contribution in [0, 0.1) is 0 Å². The number of rotatable bonds is 1. The maximum Gasteiger partial charge on any atom is 0.129 e. The average molecular weight is 254 g/mol. The summed E-state index contributed by atoms with van der Waals surface area (Å²) in [4.78, 5) is 3.51. The highest BCUT2D eigenvalue weighted by Gasteiger charge is 2.11. The molecule has 0 spiro atoms. The average Bonchev–Trinajstić information content (AvgIpc) is 2.39. The fourth-order valence-corrected chi connectivity index (χ4v) is 0.956. The van der Waals surface area contributed by atoms with E-state index in [0.717, 1.165) is 0 Å². The van der Waals surface area contributed by atoms with E-state index in [-0.39, 0.29) is 9.37 Å². The highest BCUT2D eigenvalue weighted by Crippen LogP contribution is 2.17. The van der Waals surface area contributed by atoms with E-state index in [1.807, 2.05) is 0 Å². The van der Waals surface area contributed by atoms with Crippen LogP contribution in [0.4, 0.5) is 5.82 Å². The van der Waals surface area contributed by atoms with E-state index in [2.05, 4.69) is 25.7 Å². The van der Waals surface area contributed by atoms with E-state index in [4.69, 9.17) is 15.1 Å². The number of morpholine rings is 1. The molecule has 3 nitrogen and oxygen atoms in total. The first-order chi connectivity index (χ1) is 10.6. The Labute approximate surface area is 101 Å². The van der Waals surface area contributed by atoms with Gasteiger partial charge in [-0.3, -0.25) is 0 Å². The Kier molecular flexibility index (Phi) is 0.845. The molecule has 0 saturated carbocycles. The van der Waals surface area contributed by atoms with Gasteiger partial charge in [0.25, 0.3) is 0 Å². The zero-order valence-corrected chi connectivity index (χ0v) is 7.77. The van der Waals surface area contributed by atoms with E-state index in [9.17, 15) is 0 Å². The van der Waals surface area contributed by atoms with Crippen LogP contribution < -0.4 is 4.90 Å². The first kappa shape index (κ1) is 2.70. The van der Waals surface area contributed by atoms with Gasteiger partial charge < -0.3 is 9.64 Å². The van der Waals surface area contributed by atoms with Crippen molar-refractivity contribution >= 4 is 21.7 Å². The Balaban J connectivity index is 2.83. The van der Waals surface area contributed by atoms with Gasteiger partial charge in [-0.1, -0.05) is 15.9 Å². The van der Waals surface area contributed by atoms with Gasteiger partial charge >= 0.3 is 0 Å². The summed E-state index contributed by atoms with van der Waals surface area (Å²) in [6.07, 6.45) is -0.716. The second-order valence-electron chi connectivity index (χ2n) is 1.98. The molecule has 0 aromatic carbocycles. The highest BCUT2D eigenvalue weighted by atomic mass is 79.9. The third kappa shape index (κ3) is 2.19. The lowest BCUT2D eigenvalue weighted by atomic mass is 10.4. The molecule has 0 radical (unpaired) electrons. The van der Waals surface area contributed by atoms with Crippen LogP contribution in [0.3, 0.4) is 0 Å². The molecule has 1 aromatic rings. The van der Waals surface area contributed by atoms with Gasteiger partial charge in [-0.2, -0.15) is 0 Å². The quantitative estimate of drug-likeness (QED) is 0.762. The number of aromatic nitrogens is 1. The van der Waals surface area contributed by atoms with Gasteiger partial charge in [-0.15, -0.1) is 0 Å². The minimum Gasteiger partial charge on any atom is -0.378 e. The highest BCUT2D eigenvalue weighted by molar-refractivity contribution is 9.10. The van der Waals surface area contributed by atoms with Crippen LogP contribution in [0.1, 0.15) is 15.1 Å². The molecule has 0 N–H and O–H groups in total. The van der Waals surface area contributed by atoms with Crippen molar-refractivity contribution < 1.29 is 19.8 Å². The van der Waals surface area contributed by atoms with Crippen LogP contribution in [0.2, 0.25) is 0 Å². The molecule has 4 heteroatoms. The summed E-state index contributed by atoms with van der Waals surface area (Å²) < 4.78 is 89.0. The number of hydrogen-bond acceptors (Lipinski definition) is 3.